The Labute approximate surface area is 280 Å². The fourth-order valence-corrected chi connectivity index (χ4v) is 7.62. The summed E-state index contributed by atoms with van der Waals surface area (Å²) in [5.74, 6) is -1.21. The van der Waals surface area contributed by atoms with Gasteiger partial charge in [0.05, 0.1) is 28.1 Å². The summed E-state index contributed by atoms with van der Waals surface area (Å²) in [5, 5.41) is 6.11. The molecule has 4 aromatic rings. The number of primary amides is 1. The second-order valence-electron chi connectivity index (χ2n) is 11.5. The molecule has 14 heteroatoms. The summed E-state index contributed by atoms with van der Waals surface area (Å²) < 4.78 is 56.0. The molecule has 5 N–H and O–H groups in total. The van der Waals surface area contributed by atoms with E-state index < -0.39 is 37.9 Å². The third kappa shape index (κ3) is 7.68. The first-order chi connectivity index (χ1) is 22.7. The van der Waals surface area contributed by atoms with E-state index in [1.165, 1.54) is 12.1 Å². The van der Waals surface area contributed by atoms with Gasteiger partial charge in [-0.15, -0.1) is 0 Å². The third-order valence-electron chi connectivity index (χ3n) is 7.59. The number of nitrogens with zero attached hydrogens (tertiary/aromatic N) is 2. The van der Waals surface area contributed by atoms with Crippen LogP contribution in [0.3, 0.4) is 0 Å². The Morgan fingerprint density at radius 3 is 2.06 bits per heavy atom. The highest BCUT2D eigenvalue weighted by atomic mass is 32.2. The molecule has 0 spiro atoms. The number of amides is 2. The molecule has 4 aromatic carbocycles. The Morgan fingerprint density at radius 2 is 1.48 bits per heavy atom. The highest BCUT2D eigenvalue weighted by Crippen LogP contribution is 2.39. The van der Waals surface area contributed by atoms with Gasteiger partial charge >= 0.3 is 0 Å². The van der Waals surface area contributed by atoms with E-state index in [-0.39, 0.29) is 22.6 Å². The summed E-state index contributed by atoms with van der Waals surface area (Å²) in [6, 6.07) is 27.2. The Kier molecular flexibility index (Phi) is 9.89. The summed E-state index contributed by atoms with van der Waals surface area (Å²) in [6.45, 7) is 0.433. The minimum Gasteiger partial charge on any atom is -0.368 e. The number of nitrogens with two attached hydrogens (primary N) is 1. The predicted octanol–water partition coefficient (Wildman–Crippen LogP) is 3.99. The van der Waals surface area contributed by atoms with Crippen molar-refractivity contribution >= 4 is 65.9 Å². The van der Waals surface area contributed by atoms with Crippen LogP contribution in [0.4, 0.5) is 22.7 Å². The largest absolute Gasteiger partial charge is 0.368 e. The van der Waals surface area contributed by atoms with Crippen molar-refractivity contribution in [3.05, 3.63) is 114 Å². The number of rotatable bonds is 13. The van der Waals surface area contributed by atoms with Gasteiger partial charge < -0.3 is 21.3 Å². The van der Waals surface area contributed by atoms with Gasteiger partial charge in [0.2, 0.25) is 15.9 Å². The second-order valence-corrected chi connectivity index (χ2v) is 15.0. The molecule has 2 amide bonds. The molecule has 0 aliphatic carbocycles. The number of fused-ring (bicyclic) bond motifs is 1. The lowest BCUT2D eigenvalue weighted by Crippen LogP contribution is -2.49. The first kappa shape index (κ1) is 34.2. The summed E-state index contributed by atoms with van der Waals surface area (Å²) in [6.07, 6.45) is 1.20. The Balaban J connectivity index is 1.55. The van der Waals surface area contributed by atoms with Gasteiger partial charge in [0, 0.05) is 29.2 Å². The van der Waals surface area contributed by atoms with Crippen molar-refractivity contribution in [3.63, 3.8) is 0 Å². The molecule has 1 unspecified atom stereocenters. The smallest absolute Gasteiger partial charge is 0.261 e. The number of nitrogens with one attached hydrogen (secondary N) is 3. The number of para-hydroxylation sites is 1. The summed E-state index contributed by atoms with van der Waals surface area (Å²) in [4.78, 5) is 27.7. The fourth-order valence-electron chi connectivity index (χ4n) is 5.36. The van der Waals surface area contributed by atoms with Crippen LogP contribution in [0.5, 0.6) is 0 Å². The summed E-state index contributed by atoms with van der Waals surface area (Å²) >= 11 is 0. The quantitative estimate of drug-likeness (QED) is 0.153. The number of hydrogen-bond acceptors (Lipinski definition) is 8. The molecule has 48 heavy (non-hydrogen) atoms. The summed E-state index contributed by atoms with van der Waals surface area (Å²) in [7, 11) is -4.27. The molecule has 1 aliphatic heterocycles. The predicted molar refractivity (Wildman–Crippen MR) is 189 cm³/mol. The maximum atomic E-state index is 13.5. The molecule has 0 aromatic heterocycles. The van der Waals surface area contributed by atoms with Crippen LogP contribution >= 0.6 is 0 Å². The van der Waals surface area contributed by atoms with Gasteiger partial charge in [0.25, 0.3) is 15.9 Å². The molecule has 5 rings (SSSR count). The average molecular weight is 689 g/mol. The lowest BCUT2D eigenvalue weighted by atomic mass is 10.00. The molecule has 12 nitrogen and oxygen atoms in total. The zero-order chi connectivity index (χ0) is 34.6. The number of benzene rings is 4. The average Bonchev–Trinajstić information content (AvgIpc) is 3.36. The van der Waals surface area contributed by atoms with E-state index in [1.54, 1.807) is 84.9 Å². The molecule has 0 fully saturated rings. The maximum Gasteiger partial charge on any atom is 0.261 e. The van der Waals surface area contributed by atoms with Crippen molar-refractivity contribution < 1.29 is 26.4 Å². The highest BCUT2D eigenvalue weighted by Gasteiger charge is 2.32. The van der Waals surface area contributed by atoms with Gasteiger partial charge in [0.15, 0.2) is 0 Å². The normalized spacial score (nSPS) is 14.5. The fraction of sp³-hybridized carbons (Fsp3) is 0.176. The zero-order valence-corrected chi connectivity index (χ0v) is 28.2. The van der Waals surface area contributed by atoms with Crippen molar-refractivity contribution in [1.29, 1.82) is 0 Å². The minimum atomic E-state index is -3.99. The maximum absolute atomic E-state index is 13.5. The van der Waals surface area contributed by atoms with Crippen molar-refractivity contribution in [2.45, 2.75) is 17.4 Å². The molecule has 1 atom stereocenters. The molecule has 0 bridgehead atoms. The first-order valence-electron chi connectivity index (χ1n) is 14.9. The Bertz CT molecular complexity index is 2070. The van der Waals surface area contributed by atoms with E-state index in [1.807, 2.05) is 25.1 Å². The molecular formula is C34H36N6O6S2. The standard InChI is InChI=1S/C34H36N6O6S2/c1-39(2)21-20-30(33(35)41)40(47(3,43)44)26-16-14-24(15-17-26)36-32(23-10-6-4-7-11-23)31-28-22-27(18-19-29(28)37-34(31)42)48(45,46)38-25-12-8-5-9-13-25/h4-19,22,30,36,38H,20-21H2,1-3H3,(H2,35,41)(H,37,42). The van der Waals surface area contributed by atoms with Crippen LogP contribution in [-0.4, -0.2) is 66.5 Å². The van der Waals surface area contributed by atoms with Crippen LogP contribution in [0.1, 0.15) is 17.5 Å². The zero-order valence-electron chi connectivity index (χ0n) is 26.5. The molecule has 0 saturated carbocycles. The van der Waals surface area contributed by atoms with Crippen LogP contribution in [0.25, 0.3) is 11.3 Å². The van der Waals surface area contributed by atoms with E-state index in [0.717, 1.165) is 10.6 Å². The van der Waals surface area contributed by atoms with Gasteiger partial charge in [-0.3, -0.25) is 18.6 Å². The topological polar surface area (TPSA) is 171 Å². The number of carbonyl (C=O) groups excluding carboxylic acids is 2. The van der Waals surface area contributed by atoms with Gasteiger partial charge in [-0.05, 0) is 80.7 Å². The molecule has 250 valence electrons. The first-order valence-corrected chi connectivity index (χ1v) is 18.2. The Morgan fingerprint density at radius 1 is 0.854 bits per heavy atom. The molecule has 0 radical (unpaired) electrons. The van der Waals surface area contributed by atoms with Crippen LogP contribution in [0.15, 0.2) is 108 Å². The summed E-state index contributed by atoms with van der Waals surface area (Å²) in [5.41, 5.74) is 8.87. The van der Waals surface area contributed by atoms with E-state index in [4.69, 9.17) is 5.73 Å². The van der Waals surface area contributed by atoms with Crippen LogP contribution < -0.4 is 25.4 Å². The molecular weight excluding hydrogens is 653 g/mol. The van der Waals surface area contributed by atoms with Crippen molar-refractivity contribution in [1.82, 2.24) is 4.90 Å². The van der Waals surface area contributed by atoms with Crippen LogP contribution in [0.2, 0.25) is 0 Å². The van der Waals surface area contributed by atoms with E-state index in [2.05, 4.69) is 15.4 Å². The molecule has 1 aliphatic rings. The van der Waals surface area contributed by atoms with Gasteiger partial charge in [-0.1, -0.05) is 48.5 Å². The van der Waals surface area contributed by atoms with Gasteiger partial charge in [-0.25, -0.2) is 16.8 Å². The van der Waals surface area contributed by atoms with Gasteiger partial charge in [0.1, 0.15) is 6.04 Å². The third-order valence-corrected chi connectivity index (χ3v) is 10.2. The van der Waals surface area contributed by atoms with E-state index in [0.29, 0.717) is 40.4 Å². The number of sulfonamides is 2. The SMILES string of the molecule is CN(C)CCC(C(N)=O)N(c1ccc(NC(=C2C(=O)Nc3ccc(S(=O)(=O)Nc4ccccc4)cc32)c2ccccc2)cc1)S(C)(=O)=O. The Hall–Kier alpha value is -5.18. The lowest BCUT2D eigenvalue weighted by molar-refractivity contribution is -0.119. The molecule has 1 heterocycles. The van der Waals surface area contributed by atoms with Crippen LogP contribution in [0, 0.1) is 0 Å². The van der Waals surface area contributed by atoms with Gasteiger partial charge in [-0.2, -0.15) is 0 Å². The van der Waals surface area contributed by atoms with Crippen LogP contribution in [-0.2, 0) is 29.6 Å². The lowest BCUT2D eigenvalue weighted by Gasteiger charge is -2.30. The van der Waals surface area contributed by atoms with Crippen molar-refractivity contribution in [3.8, 4) is 0 Å². The van der Waals surface area contributed by atoms with E-state index in [9.17, 15) is 26.4 Å². The van der Waals surface area contributed by atoms with Crippen molar-refractivity contribution in [2.24, 2.45) is 5.73 Å². The number of hydrogen-bond donors (Lipinski definition) is 4. The van der Waals surface area contributed by atoms with E-state index >= 15 is 0 Å². The minimum absolute atomic E-state index is 0.0324. The molecule has 0 saturated heterocycles. The van der Waals surface area contributed by atoms with Crippen molar-refractivity contribution in [2.75, 3.05) is 46.6 Å². The number of anilines is 4. The highest BCUT2D eigenvalue weighted by molar-refractivity contribution is 7.92. The monoisotopic (exact) mass is 688 g/mol. The second kappa shape index (κ2) is 13.9. The number of carbonyl (C=O) groups is 2.